The predicted octanol–water partition coefficient (Wildman–Crippen LogP) is 2.64. The molecule has 0 fully saturated rings. The Morgan fingerprint density at radius 1 is 1.54 bits per heavy atom. The van der Waals surface area contributed by atoms with E-state index in [1.165, 1.54) is 11.3 Å². The molecule has 2 rings (SSSR count). The van der Waals surface area contributed by atoms with Gasteiger partial charge in [0.1, 0.15) is 0 Å². The predicted molar refractivity (Wildman–Crippen MR) is 54.3 cm³/mol. The maximum absolute atomic E-state index is 4.26. The summed E-state index contributed by atoms with van der Waals surface area (Å²) in [5.41, 5.74) is 2.67. The zero-order valence-electron chi connectivity index (χ0n) is 7.90. The number of rotatable bonds is 2. The summed E-state index contributed by atoms with van der Waals surface area (Å²) < 4.78 is 2.05. The molecular weight excluding hydrogens is 160 g/mol. The van der Waals surface area contributed by atoms with Crippen molar-refractivity contribution in [3.05, 3.63) is 36.2 Å². The van der Waals surface area contributed by atoms with Gasteiger partial charge in [-0.05, 0) is 31.4 Å². The quantitative estimate of drug-likeness (QED) is 0.674. The van der Waals surface area contributed by atoms with Gasteiger partial charge >= 0.3 is 0 Å². The Labute approximate surface area is 78.6 Å². The van der Waals surface area contributed by atoms with E-state index in [0.717, 1.165) is 19.4 Å². The molecule has 0 aliphatic heterocycles. The van der Waals surface area contributed by atoms with Crippen LogP contribution in [0.3, 0.4) is 0 Å². The molecule has 1 aromatic heterocycles. The third-order valence-electron chi connectivity index (χ3n) is 2.36. The highest BCUT2D eigenvalue weighted by atomic mass is 15.3. The average molecular weight is 174 g/mol. The Bertz CT molecular complexity index is 345. The fraction of sp³-hybridized carbons (Fsp3) is 0.364. The Morgan fingerprint density at radius 2 is 2.46 bits per heavy atom. The Balaban J connectivity index is 2.33. The van der Waals surface area contributed by atoms with Crippen LogP contribution in [0.15, 0.2) is 30.5 Å². The highest BCUT2D eigenvalue weighted by Gasteiger charge is 2.07. The molecule has 0 unspecified atom stereocenters. The molecule has 0 bridgehead atoms. The van der Waals surface area contributed by atoms with Gasteiger partial charge in [0.25, 0.3) is 0 Å². The van der Waals surface area contributed by atoms with E-state index in [0.29, 0.717) is 0 Å². The van der Waals surface area contributed by atoms with Crippen LogP contribution in [0.25, 0.3) is 5.57 Å². The second-order valence-electron chi connectivity index (χ2n) is 3.19. The molecular formula is C11H14N2. The van der Waals surface area contributed by atoms with Gasteiger partial charge in [-0.25, -0.2) is 0 Å². The molecule has 0 saturated heterocycles. The molecule has 2 nitrogen and oxygen atoms in total. The summed E-state index contributed by atoms with van der Waals surface area (Å²) in [5, 5.41) is 4.26. The molecule has 13 heavy (non-hydrogen) atoms. The lowest BCUT2D eigenvalue weighted by Crippen LogP contribution is -2.02. The van der Waals surface area contributed by atoms with Gasteiger partial charge in [0, 0.05) is 12.7 Å². The number of allylic oxidation sites excluding steroid dienone is 4. The largest absolute Gasteiger partial charge is 0.266 e. The molecule has 0 atom stereocenters. The third-order valence-corrected chi connectivity index (χ3v) is 2.36. The van der Waals surface area contributed by atoms with E-state index in [1.54, 1.807) is 0 Å². The van der Waals surface area contributed by atoms with E-state index < -0.39 is 0 Å². The maximum atomic E-state index is 4.26. The fourth-order valence-corrected chi connectivity index (χ4v) is 1.67. The van der Waals surface area contributed by atoms with Crippen molar-refractivity contribution in [1.29, 1.82) is 0 Å². The number of aryl methyl sites for hydroxylation is 1. The molecule has 0 spiro atoms. The Morgan fingerprint density at radius 3 is 3.15 bits per heavy atom. The summed E-state index contributed by atoms with van der Waals surface area (Å²) in [7, 11) is 0. The van der Waals surface area contributed by atoms with Crippen LogP contribution in [-0.4, -0.2) is 9.78 Å². The van der Waals surface area contributed by atoms with Crippen molar-refractivity contribution in [3.63, 3.8) is 0 Å². The Kier molecular flexibility index (Phi) is 2.30. The van der Waals surface area contributed by atoms with Gasteiger partial charge in [-0.3, -0.25) is 4.68 Å². The van der Waals surface area contributed by atoms with Crippen molar-refractivity contribution in [2.75, 3.05) is 0 Å². The molecule has 0 amide bonds. The normalized spacial score (nSPS) is 15.9. The van der Waals surface area contributed by atoms with Crippen LogP contribution in [0.2, 0.25) is 0 Å². The van der Waals surface area contributed by atoms with E-state index in [1.807, 2.05) is 10.9 Å². The van der Waals surface area contributed by atoms with E-state index in [2.05, 4.69) is 36.3 Å². The van der Waals surface area contributed by atoms with Crippen LogP contribution in [0.1, 0.15) is 25.5 Å². The molecule has 0 radical (unpaired) electrons. The van der Waals surface area contributed by atoms with Crippen molar-refractivity contribution in [1.82, 2.24) is 9.78 Å². The van der Waals surface area contributed by atoms with Crippen LogP contribution >= 0.6 is 0 Å². The molecule has 68 valence electrons. The number of nitrogens with zero attached hydrogens (tertiary/aromatic N) is 2. The van der Waals surface area contributed by atoms with Crippen LogP contribution < -0.4 is 0 Å². The van der Waals surface area contributed by atoms with Gasteiger partial charge in [-0.2, -0.15) is 5.10 Å². The van der Waals surface area contributed by atoms with Crippen molar-refractivity contribution in [2.45, 2.75) is 26.3 Å². The summed E-state index contributed by atoms with van der Waals surface area (Å²) in [5.74, 6) is 0. The minimum absolute atomic E-state index is 0.948. The first-order valence-electron chi connectivity index (χ1n) is 4.79. The molecule has 2 heteroatoms. The minimum Gasteiger partial charge on any atom is -0.266 e. The number of hydrogen-bond donors (Lipinski definition) is 0. The van der Waals surface area contributed by atoms with Gasteiger partial charge in [0.2, 0.25) is 0 Å². The second kappa shape index (κ2) is 3.60. The molecule has 0 saturated carbocycles. The van der Waals surface area contributed by atoms with Gasteiger partial charge < -0.3 is 0 Å². The molecule has 1 heterocycles. The average Bonchev–Trinajstić information content (AvgIpc) is 2.67. The minimum atomic E-state index is 0.948. The van der Waals surface area contributed by atoms with Crippen LogP contribution in [0.5, 0.6) is 0 Å². The van der Waals surface area contributed by atoms with Crippen molar-refractivity contribution < 1.29 is 0 Å². The molecule has 1 aromatic rings. The third kappa shape index (κ3) is 1.57. The zero-order chi connectivity index (χ0) is 9.10. The van der Waals surface area contributed by atoms with Gasteiger partial charge in [0.15, 0.2) is 0 Å². The highest BCUT2D eigenvalue weighted by molar-refractivity contribution is 5.65. The highest BCUT2D eigenvalue weighted by Crippen LogP contribution is 2.22. The summed E-state index contributed by atoms with van der Waals surface area (Å²) >= 11 is 0. The molecule has 1 aliphatic rings. The standard InChI is InChI=1S/C11H14N2/c1-2-13-11(8-9-12-13)10-6-4-3-5-7-10/h3-4,6,8-9H,2,5,7H2,1H3. The number of aromatic nitrogens is 2. The first-order valence-corrected chi connectivity index (χ1v) is 4.79. The second-order valence-corrected chi connectivity index (χ2v) is 3.19. The SMILES string of the molecule is CCn1nccc1C1=CC=CCC1. The summed E-state index contributed by atoms with van der Waals surface area (Å²) in [4.78, 5) is 0. The topological polar surface area (TPSA) is 17.8 Å². The zero-order valence-corrected chi connectivity index (χ0v) is 7.90. The van der Waals surface area contributed by atoms with Crippen LogP contribution in [0.4, 0.5) is 0 Å². The van der Waals surface area contributed by atoms with Crippen molar-refractivity contribution in [2.24, 2.45) is 0 Å². The summed E-state index contributed by atoms with van der Waals surface area (Å²) in [6.07, 6.45) is 10.7. The Hall–Kier alpha value is -1.31. The first kappa shape index (κ1) is 8.30. The van der Waals surface area contributed by atoms with Gasteiger partial charge in [0.05, 0.1) is 5.69 Å². The fourth-order valence-electron chi connectivity index (χ4n) is 1.67. The van der Waals surface area contributed by atoms with Crippen LogP contribution in [0, 0.1) is 0 Å². The summed E-state index contributed by atoms with van der Waals surface area (Å²) in [6.45, 7) is 3.07. The smallest absolute Gasteiger partial charge is 0.0641 e. The number of hydrogen-bond acceptors (Lipinski definition) is 1. The molecule has 0 N–H and O–H groups in total. The summed E-state index contributed by atoms with van der Waals surface area (Å²) in [6, 6.07) is 2.09. The van der Waals surface area contributed by atoms with Crippen molar-refractivity contribution in [3.8, 4) is 0 Å². The van der Waals surface area contributed by atoms with E-state index in [9.17, 15) is 0 Å². The van der Waals surface area contributed by atoms with Gasteiger partial charge in [-0.1, -0.05) is 18.2 Å². The lowest BCUT2D eigenvalue weighted by atomic mass is 10.0. The lowest BCUT2D eigenvalue weighted by molar-refractivity contribution is 0.649. The molecule has 1 aliphatic carbocycles. The van der Waals surface area contributed by atoms with Crippen molar-refractivity contribution >= 4 is 5.57 Å². The van der Waals surface area contributed by atoms with E-state index in [-0.39, 0.29) is 0 Å². The molecule has 0 aromatic carbocycles. The van der Waals surface area contributed by atoms with E-state index in [4.69, 9.17) is 0 Å². The van der Waals surface area contributed by atoms with Crippen LogP contribution in [-0.2, 0) is 6.54 Å². The maximum Gasteiger partial charge on any atom is 0.0641 e. The monoisotopic (exact) mass is 174 g/mol. The van der Waals surface area contributed by atoms with Gasteiger partial charge in [-0.15, -0.1) is 0 Å². The lowest BCUT2D eigenvalue weighted by Gasteiger charge is -2.10. The first-order chi connectivity index (χ1) is 6.42. The van der Waals surface area contributed by atoms with E-state index >= 15 is 0 Å².